The number of aromatic nitrogens is 3. The molecule has 0 saturated heterocycles. The summed E-state index contributed by atoms with van der Waals surface area (Å²) < 4.78 is 6.76. The summed E-state index contributed by atoms with van der Waals surface area (Å²) in [5.74, 6) is 0.350. The molecule has 0 saturated carbocycles. The van der Waals surface area contributed by atoms with Gasteiger partial charge in [-0.3, -0.25) is 14.3 Å². The Hall–Kier alpha value is -2.93. The minimum atomic E-state index is -0.645. The molecular formula is C21H23ClN4O3. The van der Waals surface area contributed by atoms with Crippen LogP contribution in [0.5, 0.6) is 0 Å². The first-order valence-electron chi connectivity index (χ1n) is 9.19. The number of hydrogen-bond donors (Lipinski definition) is 1. The first-order chi connectivity index (χ1) is 13.6. The number of ether oxygens (including phenoxy) is 1. The van der Waals surface area contributed by atoms with Gasteiger partial charge in [0, 0.05) is 6.20 Å². The van der Waals surface area contributed by atoms with Crippen LogP contribution in [0.3, 0.4) is 0 Å². The Kier molecular flexibility index (Phi) is 5.61. The van der Waals surface area contributed by atoms with Crippen LogP contribution in [-0.4, -0.2) is 26.2 Å². The molecule has 0 aliphatic carbocycles. The molecule has 0 aliphatic heterocycles. The van der Waals surface area contributed by atoms with Gasteiger partial charge in [-0.2, -0.15) is 0 Å². The molecule has 1 amide bonds. The molecule has 0 spiro atoms. The highest BCUT2D eigenvalue weighted by molar-refractivity contribution is 6.35. The number of carbonyl (C=O) groups is 1. The zero-order valence-electron chi connectivity index (χ0n) is 17.0. The fraction of sp³-hybridized carbons (Fsp3) is 0.333. The van der Waals surface area contributed by atoms with Crippen molar-refractivity contribution in [2.24, 2.45) is 0 Å². The van der Waals surface area contributed by atoms with E-state index in [0.29, 0.717) is 27.4 Å². The molecule has 29 heavy (non-hydrogen) atoms. The number of fused-ring (bicyclic) bond motifs is 1. The maximum absolute atomic E-state index is 13.4. The van der Waals surface area contributed by atoms with Gasteiger partial charge in [0.2, 0.25) is 0 Å². The van der Waals surface area contributed by atoms with Crippen molar-refractivity contribution in [1.29, 1.82) is 0 Å². The second kappa shape index (κ2) is 7.83. The van der Waals surface area contributed by atoms with E-state index in [4.69, 9.17) is 16.3 Å². The molecule has 0 bridgehead atoms. The number of nitrogens with one attached hydrogen (secondary N) is 1. The van der Waals surface area contributed by atoms with Gasteiger partial charge >= 0.3 is 6.09 Å². The van der Waals surface area contributed by atoms with Gasteiger partial charge in [0.15, 0.2) is 0 Å². The Morgan fingerprint density at radius 1 is 1.28 bits per heavy atom. The SMILES string of the molecule is Cc1cncc(-n2c([C@H](C)NC(=O)OC(C)(C)C)nc3cccc(Cl)c3c2=O)c1. The highest BCUT2D eigenvalue weighted by atomic mass is 35.5. The average molecular weight is 415 g/mol. The Bertz CT molecular complexity index is 1130. The Morgan fingerprint density at radius 3 is 2.66 bits per heavy atom. The predicted octanol–water partition coefficient (Wildman–Crippen LogP) is 4.33. The highest BCUT2D eigenvalue weighted by Gasteiger charge is 2.23. The van der Waals surface area contributed by atoms with Gasteiger partial charge in [-0.25, -0.2) is 9.78 Å². The number of carbonyl (C=O) groups excluding carboxylic acids is 1. The van der Waals surface area contributed by atoms with Crippen LogP contribution < -0.4 is 10.9 Å². The fourth-order valence-electron chi connectivity index (χ4n) is 2.96. The number of amides is 1. The molecule has 2 heterocycles. The lowest BCUT2D eigenvalue weighted by Gasteiger charge is -2.23. The average Bonchev–Trinajstić information content (AvgIpc) is 2.59. The van der Waals surface area contributed by atoms with E-state index >= 15 is 0 Å². The van der Waals surface area contributed by atoms with Crippen LogP contribution in [-0.2, 0) is 4.74 Å². The molecule has 0 fully saturated rings. The molecular weight excluding hydrogens is 392 g/mol. The number of nitrogens with zero attached hydrogens (tertiary/aromatic N) is 3. The van der Waals surface area contributed by atoms with Crippen LogP contribution in [0.15, 0.2) is 41.5 Å². The van der Waals surface area contributed by atoms with Crippen molar-refractivity contribution < 1.29 is 9.53 Å². The lowest BCUT2D eigenvalue weighted by Crippen LogP contribution is -2.37. The molecule has 7 nitrogen and oxygen atoms in total. The molecule has 1 atom stereocenters. The zero-order valence-corrected chi connectivity index (χ0v) is 17.7. The Labute approximate surface area is 173 Å². The van der Waals surface area contributed by atoms with Crippen molar-refractivity contribution in [3.05, 3.63) is 63.4 Å². The van der Waals surface area contributed by atoms with Crippen molar-refractivity contribution in [1.82, 2.24) is 19.9 Å². The standard InChI is InChI=1S/C21H23ClN4O3/c1-12-9-14(11-23-10-12)26-18(13(2)24-20(28)29-21(3,4)5)25-16-8-6-7-15(22)17(16)19(26)27/h6-11,13H,1-5H3,(H,24,28)/t13-/m0/s1. The van der Waals surface area contributed by atoms with Crippen LogP contribution in [0.1, 0.15) is 45.1 Å². The lowest BCUT2D eigenvalue weighted by molar-refractivity contribution is 0.0505. The first-order valence-corrected chi connectivity index (χ1v) is 9.57. The smallest absolute Gasteiger partial charge is 0.408 e. The summed E-state index contributed by atoms with van der Waals surface area (Å²) in [4.78, 5) is 34.4. The molecule has 3 aromatic rings. The minimum absolute atomic E-state index is 0.309. The highest BCUT2D eigenvalue weighted by Crippen LogP contribution is 2.23. The number of rotatable bonds is 3. The Balaban J connectivity index is 2.18. The number of aryl methyl sites for hydroxylation is 1. The predicted molar refractivity (Wildman–Crippen MR) is 113 cm³/mol. The number of benzene rings is 1. The van der Waals surface area contributed by atoms with Crippen LogP contribution in [0.4, 0.5) is 4.79 Å². The van der Waals surface area contributed by atoms with Crippen molar-refractivity contribution in [2.45, 2.75) is 46.3 Å². The van der Waals surface area contributed by atoms with E-state index < -0.39 is 17.7 Å². The summed E-state index contributed by atoms with van der Waals surface area (Å²) >= 11 is 6.28. The van der Waals surface area contributed by atoms with Crippen molar-refractivity contribution in [2.75, 3.05) is 0 Å². The van der Waals surface area contributed by atoms with Crippen LogP contribution in [0.2, 0.25) is 5.02 Å². The molecule has 0 aliphatic rings. The van der Waals surface area contributed by atoms with Gasteiger partial charge in [0.05, 0.1) is 33.9 Å². The molecule has 1 aromatic carbocycles. The molecule has 1 N–H and O–H groups in total. The summed E-state index contributed by atoms with van der Waals surface area (Å²) in [7, 11) is 0. The van der Waals surface area contributed by atoms with E-state index in [2.05, 4.69) is 15.3 Å². The van der Waals surface area contributed by atoms with E-state index in [0.717, 1.165) is 5.56 Å². The third-order valence-corrected chi connectivity index (χ3v) is 4.43. The van der Waals surface area contributed by atoms with Crippen molar-refractivity contribution in [3.8, 4) is 5.69 Å². The summed E-state index contributed by atoms with van der Waals surface area (Å²) in [5.41, 5.74) is 0.895. The fourth-order valence-corrected chi connectivity index (χ4v) is 3.21. The largest absolute Gasteiger partial charge is 0.444 e. The number of alkyl carbamates (subject to hydrolysis) is 1. The third-order valence-electron chi connectivity index (χ3n) is 4.11. The summed E-state index contributed by atoms with van der Waals surface area (Å²) in [5, 5.41) is 3.37. The van der Waals surface area contributed by atoms with E-state index in [1.54, 1.807) is 58.3 Å². The van der Waals surface area contributed by atoms with E-state index in [1.807, 2.05) is 13.0 Å². The van der Waals surface area contributed by atoms with Crippen LogP contribution in [0.25, 0.3) is 16.6 Å². The zero-order chi connectivity index (χ0) is 21.3. The monoisotopic (exact) mass is 414 g/mol. The topological polar surface area (TPSA) is 86.1 Å². The van der Waals surface area contributed by atoms with Crippen molar-refractivity contribution in [3.63, 3.8) is 0 Å². The molecule has 152 valence electrons. The first kappa shape index (κ1) is 20.8. The maximum atomic E-state index is 13.4. The molecule has 2 aromatic heterocycles. The minimum Gasteiger partial charge on any atom is -0.444 e. The molecule has 8 heteroatoms. The van der Waals surface area contributed by atoms with Crippen molar-refractivity contribution >= 4 is 28.6 Å². The molecule has 3 rings (SSSR count). The van der Waals surface area contributed by atoms with E-state index in [-0.39, 0.29) is 5.56 Å². The van der Waals surface area contributed by atoms with Crippen LogP contribution >= 0.6 is 11.6 Å². The van der Waals surface area contributed by atoms with Gasteiger partial charge in [-0.05, 0) is 58.4 Å². The van der Waals surface area contributed by atoms with Gasteiger partial charge in [-0.1, -0.05) is 17.7 Å². The van der Waals surface area contributed by atoms with E-state index in [9.17, 15) is 9.59 Å². The maximum Gasteiger partial charge on any atom is 0.408 e. The number of halogens is 1. The van der Waals surface area contributed by atoms with Gasteiger partial charge in [0.25, 0.3) is 5.56 Å². The summed E-state index contributed by atoms with van der Waals surface area (Å²) in [6.45, 7) is 8.96. The van der Waals surface area contributed by atoms with Crippen LogP contribution in [0, 0.1) is 6.92 Å². The van der Waals surface area contributed by atoms with Gasteiger partial charge in [-0.15, -0.1) is 0 Å². The van der Waals surface area contributed by atoms with Gasteiger partial charge < -0.3 is 10.1 Å². The second-order valence-corrected chi connectivity index (χ2v) is 8.24. The Morgan fingerprint density at radius 2 is 2.00 bits per heavy atom. The summed E-state index contributed by atoms with van der Waals surface area (Å²) in [6, 6.07) is 6.30. The van der Waals surface area contributed by atoms with E-state index in [1.165, 1.54) is 4.57 Å². The molecule has 0 unspecified atom stereocenters. The molecule has 0 radical (unpaired) electrons. The number of hydrogen-bond acceptors (Lipinski definition) is 5. The summed E-state index contributed by atoms with van der Waals surface area (Å²) in [6.07, 6.45) is 2.67. The number of pyridine rings is 1. The quantitative estimate of drug-likeness (QED) is 0.689. The lowest BCUT2D eigenvalue weighted by atomic mass is 10.2. The van der Waals surface area contributed by atoms with Gasteiger partial charge in [0.1, 0.15) is 11.4 Å². The normalized spacial score (nSPS) is 12.6. The third kappa shape index (κ3) is 4.56. The second-order valence-electron chi connectivity index (χ2n) is 7.83.